The van der Waals surface area contributed by atoms with Gasteiger partial charge in [0.25, 0.3) is 0 Å². The molecular formula is C14H21FN2O3S. The van der Waals surface area contributed by atoms with Crippen LogP contribution in [-0.2, 0) is 14.6 Å². The van der Waals surface area contributed by atoms with Crippen LogP contribution in [0.4, 0.5) is 4.39 Å². The first-order valence-corrected chi connectivity index (χ1v) is 8.38. The van der Waals surface area contributed by atoms with Crippen LogP contribution in [0.1, 0.15) is 26.2 Å². The van der Waals surface area contributed by atoms with Gasteiger partial charge in [-0.3, -0.25) is 4.79 Å². The van der Waals surface area contributed by atoms with E-state index in [4.69, 9.17) is 5.73 Å². The number of carbonyl (C=O) groups is 1. The molecule has 1 aromatic carbocycles. The van der Waals surface area contributed by atoms with Gasteiger partial charge in [0.05, 0.1) is 10.1 Å². The molecule has 0 heterocycles. The van der Waals surface area contributed by atoms with E-state index < -0.39 is 20.9 Å². The lowest BCUT2D eigenvalue weighted by atomic mass is 10.3. The van der Waals surface area contributed by atoms with E-state index in [0.717, 1.165) is 25.0 Å². The zero-order chi connectivity index (χ0) is 15.9. The molecule has 1 rings (SSSR count). The molecule has 3 N–H and O–H groups in total. The van der Waals surface area contributed by atoms with Crippen LogP contribution in [0.2, 0.25) is 0 Å². The highest BCUT2D eigenvalue weighted by atomic mass is 32.2. The van der Waals surface area contributed by atoms with Crippen molar-refractivity contribution in [1.82, 2.24) is 5.32 Å². The van der Waals surface area contributed by atoms with Crippen molar-refractivity contribution in [2.24, 2.45) is 5.73 Å². The lowest BCUT2D eigenvalue weighted by Gasteiger charge is -2.13. The van der Waals surface area contributed by atoms with Gasteiger partial charge in [-0.25, -0.2) is 12.8 Å². The molecule has 0 aromatic heterocycles. The molecule has 1 unspecified atom stereocenters. The SMILES string of the molecule is CC(CC(=O)NCCCCN)S(=O)(=O)c1ccc(F)cc1. The van der Waals surface area contributed by atoms with Crippen LogP contribution in [0, 0.1) is 5.82 Å². The molecule has 1 amide bonds. The van der Waals surface area contributed by atoms with Gasteiger partial charge in [-0.05, 0) is 50.6 Å². The maximum absolute atomic E-state index is 12.8. The number of amides is 1. The number of sulfone groups is 1. The van der Waals surface area contributed by atoms with Gasteiger partial charge in [-0.2, -0.15) is 0 Å². The summed E-state index contributed by atoms with van der Waals surface area (Å²) < 4.78 is 37.3. The molecule has 0 fully saturated rings. The summed E-state index contributed by atoms with van der Waals surface area (Å²) in [6.45, 7) is 2.52. The molecule has 0 aliphatic rings. The minimum Gasteiger partial charge on any atom is -0.356 e. The Morgan fingerprint density at radius 2 is 1.90 bits per heavy atom. The number of carbonyl (C=O) groups excluding carboxylic acids is 1. The van der Waals surface area contributed by atoms with E-state index in [0.29, 0.717) is 13.1 Å². The summed E-state index contributed by atoms with van der Waals surface area (Å²) in [5, 5.41) is 1.80. The minimum atomic E-state index is -3.63. The Bertz CT molecular complexity index is 558. The van der Waals surface area contributed by atoms with Gasteiger partial charge in [-0.1, -0.05) is 0 Å². The van der Waals surface area contributed by atoms with Crippen molar-refractivity contribution in [2.75, 3.05) is 13.1 Å². The lowest BCUT2D eigenvalue weighted by Crippen LogP contribution is -2.30. The molecule has 0 saturated carbocycles. The van der Waals surface area contributed by atoms with Crippen molar-refractivity contribution < 1.29 is 17.6 Å². The van der Waals surface area contributed by atoms with Crippen LogP contribution < -0.4 is 11.1 Å². The summed E-state index contributed by atoms with van der Waals surface area (Å²) in [5.41, 5.74) is 5.34. The number of halogens is 1. The summed E-state index contributed by atoms with van der Waals surface area (Å²) in [6.07, 6.45) is 1.45. The topological polar surface area (TPSA) is 89.3 Å². The number of hydrogen-bond acceptors (Lipinski definition) is 4. The van der Waals surface area contributed by atoms with Crippen LogP contribution >= 0.6 is 0 Å². The Kier molecular flexibility index (Phi) is 6.77. The Morgan fingerprint density at radius 1 is 1.29 bits per heavy atom. The van der Waals surface area contributed by atoms with E-state index in [2.05, 4.69) is 5.32 Å². The van der Waals surface area contributed by atoms with E-state index in [1.54, 1.807) is 0 Å². The van der Waals surface area contributed by atoms with Crippen LogP contribution in [0.25, 0.3) is 0 Å². The number of unbranched alkanes of at least 4 members (excludes halogenated alkanes) is 1. The van der Waals surface area contributed by atoms with E-state index in [-0.39, 0.29) is 17.2 Å². The summed E-state index contributed by atoms with van der Waals surface area (Å²) >= 11 is 0. The monoisotopic (exact) mass is 316 g/mol. The average molecular weight is 316 g/mol. The summed E-state index contributed by atoms with van der Waals surface area (Å²) in [5.74, 6) is -0.815. The van der Waals surface area contributed by atoms with Crippen molar-refractivity contribution in [3.8, 4) is 0 Å². The molecule has 0 bridgehead atoms. The summed E-state index contributed by atoms with van der Waals surface area (Å²) in [4.78, 5) is 11.7. The maximum atomic E-state index is 12.8. The molecule has 0 spiro atoms. The molecule has 0 radical (unpaired) electrons. The van der Waals surface area contributed by atoms with Gasteiger partial charge in [0, 0.05) is 13.0 Å². The molecular weight excluding hydrogens is 295 g/mol. The largest absolute Gasteiger partial charge is 0.356 e. The molecule has 7 heteroatoms. The highest BCUT2D eigenvalue weighted by molar-refractivity contribution is 7.92. The molecule has 1 aromatic rings. The summed E-state index contributed by atoms with van der Waals surface area (Å²) in [6, 6.07) is 4.60. The van der Waals surface area contributed by atoms with E-state index >= 15 is 0 Å². The Balaban J connectivity index is 2.59. The van der Waals surface area contributed by atoms with Gasteiger partial charge in [-0.15, -0.1) is 0 Å². The van der Waals surface area contributed by atoms with Crippen molar-refractivity contribution in [3.05, 3.63) is 30.1 Å². The van der Waals surface area contributed by atoms with Crippen molar-refractivity contribution in [2.45, 2.75) is 36.3 Å². The van der Waals surface area contributed by atoms with Gasteiger partial charge < -0.3 is 11.1 Å². The van der Waals surface area contributed by atoms with Gasteiger partial charge >= 0.3 is 0 Å². The Hall–Kier alpha value is -1.47. The Morgan fingerprint density at radius 3 is 2.48 bits per heavy atom. The minimum absolute atomic E-state index is 0.0207. The van der Waals surface area contributed by atoms with Gasteiger partial charge in [0.1, 0.15) is 5.82 Å². The number of benzene rings is 1. The van der Waals surface area contributed by atoms with E-state index in [1.807, 2.05) is 0 Å². The van der Waals surface area contributed by atoms with Gasteiger partial charge in [0.2, 0.25) is 5.91 Å². The van der Waals surface area contributed by atoms with Crippen LogP contribution in [-0.4, -0.2) is 32.7 Å². The van der Waals surface area contributed by atoms with E-state index in [1.165, 1.54) is 19.1 Å². The third-order valence-corrected chi connectivity index (χ3v) is 5.25. The molecule has 1 atom stereocenters. The predicted molar refractivity (Wildman–Crippen MR) is 79.0 cm³/mol. The molecule has 21 heavy (non-hydrogen) atoms. The maximum Gasteiger partial charge on any atom is 0.221 e. The lowest BCUT2D eigenvalue weighted by molar-refractivity contribution is -0.121. The highest BCUT2D eigenvalue weighted by Gasteiger charge is 2.25. The van der Waals surface area contributed by atoms with Crippen molar-refractivity contribution >= 4 is 15.7 Å². The first-order chi connectivity index (χ1) is 9.87. The van der Waals surface area contributed by atoms with Crippen LogP contribution in [0.5, 0.6) is 0 Å². The predicted octanol–water partition coefficient (Wildman–Crippen LogP) is 1.23. The highest BCUT2D eigenvalue weighted by Crippen LogP contribution is 2.18. The number of hydrogen-bond donors (Lipinski definition) is 2. The number of rotatable bonds is 8. The van der Waals surface area contributed by atoms with Crippen molar-refractivity contribution in [3.63, 3.8) is 0 Å². The molecule has 5 nitrogen and oxygen atoms in total. The normalized spacial score (nSPS) is 12.9. The summed E-state index contributed by atoms with van der Waals surface area (Å²) in [7, 11) is -3.63. The van der Waals surface area contributed by atoms with E-state index in [9.17, 15) is 17.6 Å². The fourth-order valence-electron chi connectivity index (χ4n) is 1.80. The second-order valence-corrected chi connectivity index (χ2v) is 7.23. The smallest absolute Gasteiger partial charge is 0.221 e. The fourth-order valence-corrected chi connectivity index (χ4v) is 3.15. The number of nitrogens with two attached hydrogens (primary N) is 1. The third kappa shape index (κ3) is 5.43. The molecule has 118 valence electrons. The third-order valence-electron chi connectivity index (χ3n) is 3.10. The molecule has 0 saturated heterocycles. The molecule has 0 aliphatic carbocycles. The second kappa shape index (κ2) is 8.09. The van der Waals surface area contributed by atoms with Gasteiger partial charge in [0.15, 0.2) is 9.84 Å². The Labute approximate surface area is 124 Å². The van der Waals surface area contributed by atoms with Crippen LogP contribution in [0.15, 0.2) is 29.2 Å². The van der Waals surface area contributed by atoms with Crippen molar-refractivity contribution in [1.29, 1.82) is 0 Å². The first kappa shape index (κ1) is 17.6. The fraction of sp³-hybridized carbons (Fsp3) is 0.500. The number of nitrogens with one attached hydrogen (secondary N) is 1. The standard InChI is InChI=1S/C14H21FN2O3S/c1-11(10-14(18)17-9-3-2-8-16)21(19,20)13-6-4-12(15)5-7-13/h4-7,11H,2-3,8-10,16H2,1H3,(H,17,18). The average Bonchev–Trinajstić information content (AvgIpc) is 2.44. The quantitative estimate of drug-likeness (QED) is 0.558. The molecule has 0 aliphatic heterocycles. The first-order valence-electron chi connectivity index (χ1n) is 6.84. The van der Waals surface area contributed by atoms with Crippen LogP contribution in [0.3, 0.4) is 0 Å². The second-order valence-electron chi connectivity index (χ2n) is 4.86. The zero-order valence-corrected chi connectivity index (χ0v) is 12.8. The zero-order valence-electron chi connectivity index (χ0n) is 12.0.